The van der Waals surface area contributed by atoms with E-state index in [0.29, 0.717) is 50.3 Å². The van der Waals surface area contributed by atoms with Crippen LogP contribution in [0.25, 0.3) is 22.2 Å². The van der Waals surface area contributed by atoms with E-state index in [1.165, 1.54) is 29.2 Å². The van der Waals surface area contributed by atoms with Gasteiger partial charge in [-0.3, -0.25) is 29.4 Å². The van der Waals surface area contributed by atoms with Crippen LogP contribution in [0.15, 0.2) is 66.7 Å². The summed E-state index contributed by atoms with van der Waals surface area (Å²) in [6.07, 6.45) is 2.97. The third kappa shape index (κ3) is 4.76. The fourth-order valence-electron chi connectivity index (χ4n) is 7.23. The van der Waals surface area contributed by atoms with Crippen LogP contribution in [0.3, 0.4) is 0 Å². The second kappa shape index (κ2) is 10.9. The molecular weight excluding hydrogens is 598 g/mol. The van der Waals surface area contributed by atoms with Crippen molar-refractivity contribution >= 4 is 57.4 Å². The first-order valence-corrected chi connectivity index (χ1v) is 15.0. The highest BCUT2D eigenvalue weighted by atomic mass is 35.5. The second-order valence-electron chi connectivity index (χ2n) is 11.9. The highest BCUT2D eigenvalue weighted by Crippen LogP contribution is 2.56. The first-order chi connectivity index (χ1) is 21.6. The number of Topliss-reactive ketones (excluding diaryl/α,β-unsaturated/α-hetero) is 1. The van der Waals surface area contributed by atoms with Crippen LogP contribution in [0.4, 0.5) is 11.4 Å². The van der Waals surface area contributed by atoms with E-state index in [-0.39, 0.29) is 40.5 Å². The molecule has 2 amide bonds. The number of aromatic nitrogens is 1. The molecule has 45 heavy (non-hydrogen) atoms. The minimum absolute atomic E-state index is 0.118. The van der Waals surface area contributed by atoms with Crippen LogP contribution in [0.1, 0.15) is 45.5 Å². The predicted molar refractivity (Wildman–Crippen MR) is 165 cm³/mol. The van der Waals surface area contributed by atoms with Gasteiger partial charge in [-0.2, -0.15) is 0 Å². The summed E-state index contributed by atoms with van der Waals surface area (Å²) in [5.41, 5.74) is 2.88. The Hall–Kier alpha value is -4.96. The maximum absolute atomic E-state index is 13.4. The summed E-state index contributed by atoms with van der Waals surface area (Å²) >= 11 is 6.39. The number of aryl methyl sites for hydroxylation is 1. The number of ether oxygens (including phenoxy) is 1. The zero-order valence-corrected chi connectivity index (χ0v) is 24.8. The molecule has 0 spiro atoms. The van der Waals surface area contributed by atoms with Gasteiger partial charge in [-0.1, -0.05) is 29.8 Å². The Morgan fingerprint density at radius 3 is 2.24 bits per heavy atom. The Balaban J connectivity index is 1.16. The number of anilines is 1. The van der Waals surface area contributed by atoms with Crippen molar-refractivity contribution in [1.29, 1.82) is 0 Å². The number of esters is 1. The molecule has 1 saturated heterocycles. The monoisotopic (exact) mass is 623 g/mol. The van der Waals surface area contributed by atoms with E-state index in [1.54, 1.807) is 49.4 Å². The standard InChI is InChI=1S/C34H26ClN3O7/c1-17-26(35)13-12-24-25(34(42)45-16-28(39)19-6-10-23(11-7-19)38(43)44)15-27(36-31(17)24)18-4-8-22(9-5-18)37-32(40)29-20-2-3-21(14-20)30(29)33(37)41/h4-13,15,20-21,29-30H,2-3,14,16H2,1H3. The number of nitrogens with zero attached hydrogens (tertiary/aromatic N) is 3. The number of pyridine rings is 1. The van der Waals surface area contributed by atoms with Crippen molar-refractivity contribution in [3.05, 3.63) is 98.6 Å². The predicted octanol–water partition coefficient (Wildman–Crippen LogP) is 6.35. The van der Waals surface area contributed by atoms with E-state index < -0.39 is 23.3 Å². The molecule has 2 aliphatic carbocycles. The number of carbonyl (C=O) groups excluding carboxylic acids is 4. The Bertz CT molecular complexity index is 1910. The van der Waals surface area contributed by atoms with Crippen molar-refractivity contribution in [3.8, 4) is 11.3 Å². The third-order valence-electron chi connectivity index (χ3n) is 9.47. The van der Waals surface area contributed by atoms with E-state index in [1.807, 2.05) is 0 Å². The number of fused-ring (bicyclic) bond motifs is 6. The van der Waals surface area contributed by atoms with Crippen LogP contribution in [-0.2, 0) is 14.3 Å². The van der Waals surface area contributed by atoms with Gasteiger partial charge in [0.2, 0.25) is 11.8 Å². The first-order valence-electron chi connectivity index (χ1n) is 14.6. The SMILES string of the molecule is Cc1c(Cl)ccc2c(C(=O)OCC(=O)c3ccc([N+](=O)[O-])cc3)cc(-c3ccc(N4C(=O)C5C6CCC(C6)C5C4=O)cc3)nc12. The van der Waals surface area contributed by atoms with E-state index in [0.717, 1.165) is 19.3 Å². The van der Waals surface area contributed by atoms with Crippen molar-refractivity contribution in [1.82, 2.24) is 4.98 Å². The summed E-state index contributed by atoms with van der Waals surface area (Å²) in [7, 11) is 0. The number of ketones is 1. The van der Waals surface area contributed by atoms with Gasteiger partial charge in [-0.25, -0.2) is 9.78 Å². The minimum atomic E-state index is -0.758. The van der Waals surface area contributed by atoms with Crippen molar-refractivity contribution < 1.29 is 28.8 Å². The molecule has 4 aromatic rings. The second-order valence-corrected chi connectivity index (χ2v) is 12.3. The molecule has 0 radical (unpaired) electrons. The minimum Gasteiger partial charge on any atom is -0.454 e. The number of hydrogen-bond donors (Lipinski definition) is 0. The average Bonchev–Trinajstić information content (AvgIpc) is 3.74. The molecule has 2 heterocycles. The molecule has 4 unspecified atom stereocenters. The molecule has 3 aromatic carbocycles. The first kappa shape index (κ1) is 28.8. The van der Waals surface area contributed by atoms with Crippen LogP contribution in [0, 0.1) is 40.7 Å². The third-order valence-corrected chi connectivity index (χ3v) is 9.88. The Morgan fingerprint density at radius 2 is 1.62 bits per heavy atom. The van der Waals surface area contributed by atoms with Crippen LogP contribution < -0.4 is 4.90 Å². The summed E-state index contributed by atoms with van der Waals surface area (Å²) in [5, 5.41) is 11.9. The normalized spacial score (nSPS) is 21.8. The molecule has 7 rings (SSSR count). The molecule has 1 aromatic heterocycles. The summed E-state index contributed by atoms with van der Waals surface area (Å²) in [6.45, 7) is 1.21. The fraction of sp³-hybridized carbons (Fsp3) is 0.265. The van der Waals surface area contributed by atoms with Crippen molar-refractivity contribution in [2.24, 2.45) is 23.7 Å². The lowest BCUT2D eigenvalue weighted by Gasteiger charge is -2.19. The number of amides is 2. The van der Waals surface area contributed by atoms with E-state index in [9.17, 15) is 29.3 Å². The molecule has 4 atom stereocenters. The lowest BCUT2D eigenvalue weighted by molar-refractivity contribution is -0.384. The smallest absolute Gasteiger partial charge is 0.339 e. The highest BCUT2D eigenvalue weighted by Gasteiger charge is 2.61. The van der Waals surface area contributed by atoms with Gasteiger partial charge >= 0.3 is 5.97 Å². The number of nitro groups is 1. The molecule has 11 heteroatoms. The molecule has 3 aliphatic rings. The van der Waals surface area contributed by atoms with Crippen molar-refractivity contribution in [3.63, 3.8) is 0 Å². The quantitative estimate of drug-likeness (QED) is 0.0764. The number of nitro benzene ring substituents is 1. The Morgan fingerprint density at radius 1 is 0.978 bits per heavy atom. The maximum Gasteiger partial charge on any atom is 0.339 e. The van der Waals surface area contributed by atoms with Gasteiger partial charge < -0.3 is 4.74 Å². The summed E-state index contributed by atoms with van der Waals surface area (Å²) in [6, 6.07) is 16.8. The van der Waals surface area contributed by atoms with Gasteiger partial charge in [0.15, 0.2) is 12.4 Å². The van der Waals surface area contributed by atoms with E-state index >= 15 is 0 Å². The number of imide groups is 1. The zero-order valence-electron chi connectivity index (χ0n) is 24.1. The zero-order chi connectivity index (χ0) is 31.6. The molecular formula is C34H26ClN3O7. The van der Waals surface area contributed by atoms with E-state index in [4.69, 9.17) is 21.3 Å². The number of rotatable bonds is 7. The van der Waals surface area contributed by atoms with Crippen LogP contribution in [0.5, 0.6) is 0 Å². The number of halogens is 1. The van der Waals surface area contributed by atoms with Crippen molar-refractivity contribution in [2.75, 3.05) is 11.5 Å². The van der Waals surface area contributed by atoms with Crippen LogP contribution in [-0.4, -0.2) is 40.1 Å². The van der Waals surface area contributed by atoms with Gasteiger partial charge in [0.05, 0.1) is 39.2 Å². The largest absolute Gasteiger partial charge is 0.454 e. The summed E-state index contributed by atoms with van der Waals surface area (Å²) < 4.78 is 5.40. The van der Waals surface area contributed by atoms with Crippen LogP contribution >= 0.6 is 11.6 Å². The lowest BCUT2D eigenvalue weighted by atomic mass is 9.81. The van der Waals surface area contributed by atoms with Gasteiger partial charge in [-0.15, -0.1) is 0 Å². The lowest BCUT2D eigenvalue weighted by Crippen LogP contribution is -2.32. The number of hydrogen-bond acceptors (Lipinski definition) is 8. The number of non-ortho nitro benzene ring substituents is 1. The molecule has 3 fully saturated rings. The molecule has 2 bridgehead atoms. The number of carbonyl (C=O) groups is 4. The van der Waals surface area contributed by atoms with Gasteiger partial charge in [-0.05, 0) is 80.0 Å². The molecule has 0 N–H and O–H groups in total. The van der Waals surface area contributed by atoms with Gasteiger partial charge in [0, 0.05) is 33.7 Å². The van der Waals surface area contributed by atoms with Gasteiger partial charge in [0.1, 0.15) is 0 Å². The average molecular weight is 624 g/mol. The summed E-state index contributed by atoms with van der Waals surface area (Å²) in [4.78, 5) is 69.1. The molecule has 2 saturated carbocycles. The highest BCUT2D eigenvalue weighted by molar-refractivity contribution is 6.32. The molecule has 1 aliphatic heterocycles. The summed E-state index contributed by atoms with van der Waals surface area (Å²) in [5.74, 6) is -1.36. The van der Waals surface area contributed by atoms with E-state index in [2.05, 4.69) is 0 Å². The fourth-order valence-corrected chi connectivity index (χ4v) is 7.38. The van der Waals surface area contributed by atoms with Crippen molar-refractivity contribution in [2.45, 2.75) is 26.2 Å². The Kier molecular flexibility index (Phi) is 6.96. The molecule has 226 valence electrons. The molecule has 10 nitrogen and oxygen atoms in total. The number of benzene rings is 3. The maximum atomic E-state index is 13.4. The topological polar surface area (TPSA) is 137 Å². The van der Waals surface area contributed by atoms with Gasteiger partial charge in [0.25, 0.3) is 5.69 Å². The Labute approximate surface area is 262 Å². The van der Waals surface area contributed by atoms with Crippen LogP contribution in [0.2, 0.25) is 5.02 Å².